The highest BCUT2D eigenvalue weighted by Crippen LogP contribution is 1.98. The molecule has 0 aromatic carbocycles. The number of hydrogen-bond donors (Lipinski definition) is 0. The molecule has 0 aliphatic rings. The zero-order valence-corrected chi connectivity index (χ0v) is 9.89. The lowest BCUT2D eigenvalue weighted by Crippen LogP contribution is -1.83. The predicted octanol–water partition coefficient (Wildman–Crippen LogP) is 4.00. The summed E-state index contributed by atoms with van der Waals surface area (Å²) < 4.78 is 0. The maximum atomic E-state index is 4.15. The molecule has 1 rings (SSSR count). The SMILES string of the molecule is CC.CC.CCc1ccc(C)nc1. The van der Waals surface area contributed by atoms with Gasteiger partial charge in [0.1, 0.15) is 0 Å². The van der Waals surface area contributed by atoms with Crippen molar-refractivity contribution < 1.29 is 0 Å². The molecule has 0 aliphatic heterocycles. The molecule has 76 valence electrons. The maximum absolute atomic E-state index is 4.15. The summed E-state index contributed by atoms with van der Waals surface area (Å²) in [6, 6.07) is 4.15. The Hall–Kier alpha value is -0.850. The first-order chi connectivity index (χ1) is 6.33. The van der Waals surface area contributed by atoms with Crippen molar-refractivity contribution in [1.82, 2.24) is 4.98 Å². The van der Waals surface area contributed by atoms with Gasteiger partial charge >= 0.3 is 0 Å². The Bertz CT molecular complexity index is 177. The minimum Gasteiger partial charge on any atom is -0.261 e. The summed E-state index contributed by atoms with van der Waals surface area (Å²) in [4.78, 5) is 4.15. The lowest BCUT2D eigenvalue weighted by Gasteiger charge is -1.93. The van der Waals surface area contributed by atoms with Gasteiger partial charge in [-0.15, -0.1) is 0 Å². The van der Waals surface area contributed by atoms with E-state index in [0.717, 1.165) is 12.1 Å². The van der Waals surface area contributed by atoms with Gasteiger partial charge in [0.05, 0.1) is 0 Å². The van der Waals surface area contributed by atoms with Crippen molar-refractivity contribution in [2.75, 3.05) is 0 Å². The van der Waals surface area contributed by atoms with Gasteiger partial charge < -0.3 is 0 Å². The van der Waals surface area contributed by atoms with Gasteiger partial charge in [0.25, 0.3) is 0 Å². The van der Waals surface area contributed by atoms with Crippen LogP contribution < -0.4 is 0 Å². The monoisotopic (exact) mass is 181 g/mol. The lowest BCUT2D eigenvalue weighted by molar-refractivity contribution is 1.08. The molecule has 0 aliphatic carbocycles. The average molecular weight is 181 g/mol. The molecule has 0 N–H and O–H groups in total. The largest absolute Gasteiger partial charge is 0.261 e. The van der Waals surface area contributed by atoms with Crippen LogP contribution in [0.5, 0.6) is 0 Å². The fourth-order valence-electron chi connectivity index (χ4n) is 0.708. The van der Waals surface area contributed by atoms with E-state index in [1.54, 1.807) is 0 Å². The summed E-state index contributed by atoms with van der Waals surface area (Å²) in [5.41, 5.74) is 2.40. The second kappa shape index (κ2) is 11.2. The van der Waals surface area contributed by atoms with E-state index in [-0.39, 0.29) is 0 Å². The topological polar surface area (TPSA) is 12.9 Å². The van der Waals surface area contributed by atoms with Gasteiger partial charge in [0, 0.05) is 11.9 Å². The number of pyridine rings is 1. The van der Waals surface area contributed by atoms with Gasteiger partial charge in [-0.25, -0.2) is 0 Å². The predicted molar refractivity (Wildman–Crippen MR) is 61.0 cm³/mol. The van der Waals surface area contributed by atoms with Gasteiger partial charge in [-0.1, -0.05) is 40.7 Å². The van der Waals surface area contributed by atoms with Crippen molar-refractivity contribution in [2.45, 2.75) is 48.0 Å². The van der Waals surface area contributed by atoms with E-state index in [2.05, 4.69) is 18.0 Å². The first-order valence-corrected chi connectivity index (χ1v) is 5.24. The highest BCUT2D eigenvalue weighted by atomic mass is 14.6. The van der Waals surface area contributed by atoms with Crippen LogP contribution in [-0.4, -0.2) is 4.98 Å². The van der Waals surface area contributed by atoms with E-state index < -0.39 is 0 Å². The van der Waals surface area contributed by atoms with Crippen molar-refractivity contribution in [3.63, 3.8) is 0 Å². The summed E-state index contributed by atoms with van der Waals surface area (Å²) in [7, 11) is 0. The standard InChI is InChI=1S/C8H11N.2C2H6/c1-3-8-5-4-7(2)9-6-8;2*1-2/h4-6H,3H2,1-2H3;2*1-2H3. The van der Waals surface area contributed by atoms with Gasteiger partial charge in [0.2, 0.25) is 0 Å². The third-order valence-electron chi connectivity index (χ3n) is 1.38. The number of nitrogens with zero attached hydrogens (tertiary/aromatic N) is 1. The fourth-order valence-corrected chi connectivity index (χ4v) is 0.708. The third kappa shape index (κ3) is 7.51. The van der Waals surface area contributed by atoms with Crippen LogP contribution in [0.3, 0.4) is 0 Å². The molecule has 0 radical (unpaired) electrons. The second-order valence-corrected chi connectivity index (χ2v) is 2.16. The molecule has 0 spiro atoms. The van der Waals surface area contributed by atoms with Crippen molar-refractivity contribution in [3.8, 4) is 0 Å². The molecule has 0 bridgehead atoms. The summed E-state index contributed by atoms with van der Waals surface area (Å²) in [6.45, 7) is 12.1. The van der Waals surface area contributed by atoms with Crippen LogP contribution in [0.15, 0.2) is 18.3 Å². The van der Waals surface area contributed by atoms with Gasteiger partial charge in [-0.05, 0) is 25.0 Å². The molecular weight excluding hydrogens is 158 g/mol. The van der Waals surface area contributed by atoms with Crippen LogP contribution in [0, 0.1) is 6.92 Å². The highest BCUT2D eigenvalue weighted by Gasteiger charge is 1.86. The number of hydrogen-bond acceptors (Lipinski definition) is 1. The van der Waals surface area contributed by atoms with Crippen molar-refractivity contribution >= 4 is 0 Å². The van der Waals surface area contributed by atoms with Crippen LogP contribution in [-0.2, 0) is 6.42 Å². The summed E-state index contributed by atoms with van der Waals surface area (Å²) >= 11 is 0. The second-order valence-electron chi connectivity index (χ2n) is 2.16. The number of rotatable bonds is 1. The first kappa shape index (κ1) is 14.7. The molecule has 1 heterocycles. The van der Waals surface area contributed by atoms with Crippen LogP contribution in [0.1, 0.15) is 45.9 Å². The Morgan fingerprint density at radius 2 is 1.62 bits per heavy atom. The van der Waals surface area contributed by atoms with Gasteiger partial charge in [-0.2, -0.15) is 0 Å². The Kier molecular flexibility index (Phi) is 12.6. The maximum Gasteiger partial charge on any atom is 0.0372 e. The zero-order valence-electron chi connectivity index (χ0n) is 9.89. The Morgan fingerprint density at radius 3 is 1.92 bits per heavy atom. The molecule has 1 aromatic rings. The van der Waals surface area contributed by atoms with E-state index in [4.69, 9.17) is 0 Å². The van der Waals surface area contributed by atoms with E-state index in [1.807, 2.05) is 46.9 Å². The minimum atomic E-state index is 1.08. The number of aryl methyl sites for hydroxylation is 2. The zero-order chi connectivity index (χ0) is 10.7. The molecular formula is C12H23N. The summed E-state index contributed by atoms with van der Waals surface area (Å²) in [6.07, 6.45) is 3.00. The van der Waals surface area contributed by atoms with Crippen LogP contribution in [0.25, 0.3) is 0 Å². The Morgan fingerprint density at radius 1 is 1.08 bits per heavy atom. The van der Waals surface area contributed by atoms with Crippen LogP contribution in [0.2, 0.25) is 0 Å². The average Bonchev–Trinajstić information content (AvgIpc) is 2.25. The van der Waals surface area contributed by atoms with Crippen molar-refractivity contribution in [3.05, 3.63) is 29.6 Å². The molecule has 0 atom stereocenters. The quantitative estimate of drug-likeness (QED) is 0.638. The molecule has 0 saturated carbocycles. The molecule has 0 fully saturated rings. The first-order valence-electron chi connectivity index (χ1n) is 5.24. The number of aromatic nitrogens is 1. The normalized spacial score (nSPS) is 7.54. The van der Waals surface area contributed by atoms with Gasteiger partial charge in [0.15, 0.2) is 0 Å². The summed E-state index contributed by atoms with van der Waals surface area (Å²) in [5.74, 6) is 0. The molecule has 0 saturated heterocycles. The van der Waals surface area contributed by atoms with E-state index >= 15 is 0 Å². The van der Waals surface area contributed by atoms with Crippen LogP contribution in [0.4, 0.5) is 0 Å². The molecule has 1 heteroatoms. The van der Waals surface area contributed by atoms with Crippen molar-refractivity contribution in [2.24, 2.45) is 0 Å². The molecule has 13 heavy (non-hydrogen) atoms. The lowest BCUT2D eigenvalue weighted by atomic mass is 10.2. The molecule has 1 aromatic heterocycles. The minimum absolute atomic E-state index is 1.08. The van der Waals surface area contributed by atoms with E-state index in [0.29, 0.717) is 0 Å². The molecule has 0 unspecified atom stereocenters. The third-order valence-corrected chi connectivity index (χ3v) is 1.38. The van der Waals surface area contributed by atoms with E-state index in [9.17, 15) is 0 Å². The van der Waals surface area contributed by atoms with E-state index in [1.165, 1.54) is 5.56 Å². The Labute approximate surface area is 83.2 Å². The summed E-state index contributed by atoms with van der Waals surface area (Å²) in [5, 5.41) is 0. The highest BCUT2D eigenvalue weighted by molar-refractivity contribution is 5.12. The van der Waals surface area contributed by atoms with Gasteiger partial charge in [-0.3, -0.25) is 4.98 Å². The fraction of sp³-hybridized carbons (Fsp3) is 0.583. The molecule has 1 nitrogen and oxygen atoms in total. The smallest absolute Gasteiger partial charge is 0.0372 e. The molecule has 0 amide bonds. The Balaban J connectivity index is 0. The van der Waals surface area contributed by atoms with Crippen LogP contribution >= 0.6 is 0 Å². The van der Waals surface area contributed by atoms with Crippen molar-refractivity contribution in [1.29, 1.82) is 0 Å².